The number of ether oxygens (including phenoxy) is 4. The monoisotopic (exact) mass is 268 g/mol. The molecule has 0 N–H and O–H groups in total. The molecule has 0 saturated heterocycles. The van der Waals surface area contributed by atoms with Gasteiger partial charge in [-0.05, 0) is 13.8 Å². The van der Waals surface area contributed by atoms with E-state index in [9.17, 15) is 4.79 Å². The molecule has 0 saturated carbocycles. The molecule has 0 heterocycles. The van der Waals surface area contributed by atoms with Crippen molar-refractivity contribution < 1.29 is 23.7 Å². The molecule has 0 aromatic heterocycles. The van der Waals surface area contributed by atoms with Crippen LogP contribution in [0.5, 0.6) is 17.2 Å². The lowest BCUT2D eigenvalue weighted by Gasteiger charge is -2.22. The summed E-state index contributed by atoms with van der Waals surface area (Å²) >= 11 is 0. The highest BCUT2D eigenvalue weighted by Crippen LogP contribution is 2.29. The summed E-state index contributed by atoms with van der Waals surface area (Å²) in [6, 6.07) is 5.21. The van der Waals surface area contributed by atoms with Crippen LogP contribution in [0.3, 0.4) is 0 Å². The second-order valence-electron chi connectivity index (χ2n) is 4.71. The Hall–Kier alpha value is -1.91. The molecule has 5 heteroatoms. The van der Waals surface area contributed by atoms with E-state index in [0.29, 0.717) is 17.2 Å². The highest BCUT2D eigenvalue weighted by Gasteiger charge is 2.29. The van der Waals surface area contributed by atoms with E-state index in [1.165, 1.54) is 7.11 Å². The molecule has 0 aliphatic heterocycles. The number of carbonyl (C=O) groups is 1. The van der Waals surface area contributed by atoms with Crippen LogP contribution >= 0.6 is 0 Å². The van der Waals surface area contributed by atoms with Gasteiger partial charge in [-0.15, -0.1) is 0 Å². The lowest BCUT2D eigenvalue weighted by Crippen LogP contribution is -2.32. The molecule has 0 amide bonds. The van der Waals surface area contributed by atoms with Crippen molar-refractivity contribution in [1.82, 2.24) is 0 Å². The molecule has 0 aliphatic rings. The van der Waals surface area contributed by atoms with Gasteiger partial charge in [0.2, 0.25) is 0 Å². The normalized spacial score (nSPS) is 10.8. The smallest absolute Gasteiger partial charge is 0.314 e. The van der Waals surface area contributed by atoms with Crippen molar-refractivity contribution in [2.75, 3.05) is 27.9 Å². The summed E-state index contributed by atoms with van der Waals surface area (Å²) in [5.74, 6) is 1.52. The second-order valence-corrected chi connectivity index (χ2v) is 4.71. The van der Waals surface area contributed by atoms with Crippen molar-refractivity contribution in [2.45, 2.75) is 13.8 Å². The molecule has 106 valence electrons. The van der Waals surface area contributed by atoms with Gasteiger partial charge in [0, 0.05) is 18.2 Å². The lowest BCUT2D eigenvalue weighted by molar-refractivity contribution is -0.152. The van der Waals surface area contributed by atoms with Crippen LogP contribution in [0.15, 0.2) is 18.2 Å². The number of hydrogen-bond acceptors (Lipinski definition) is 5. The average molecular weight is 268 g/mol. The van der Waals surface area contributed by atoms with Gasteiger partial charge in [-0.3, -0.25) is 4.79 Å². The van der Waals surface area contributed by atoms with Crippen molar-refractivity contribution in [2.24, 2.45) is 5.41 Å². The SMILES string of the molecule is COC(=O)C(C)(C)COc1cc(OC)cc(OC)c1. The topological polar surface area (TPSA) is 54.0 Å². The van der Waals surface area contributed by atoms with Gasteiger partial charge < -0.3 is 18.9 Å². The Kier molecular flexibility index (Phi) is 5.03. The van der Waals surface area contributed by atoms with Crippen LogP contribution in [-0.2, 0) is 9.53 Å². The zero-order chi connectivity index (χ0) is 14.5. The average Bonchev–Trinajstić information content (AvgIpc) is 2.43. The van der Waals surface area contributed by atoms with Crippen LogP contribution in [0.1, 0.15) is 13.8 Å². The van der Waals surface area contributed by atoms with Crippen LogP contribution in [-0.4, -0.2) is 33.9 Å². The predicted molar refractivity (Wildman–Crippen MR) is 70.8 cm³/mol. The molecule has 0 radical (unpaired) electrons. The summed E-state index contributed by atoms with van der Waals surface area (Å²) in [7, 11) is 4.49. The largest absolute Gasteiger partial charge is 0.496 e. The van der Waals surface area contributed by atoms with Crippen molar-refractivity contribution in [1.29, 1.82) is 0 Å². The van der Waals surface area contributed by atoms with E-state index >= 15 is 0 Å². The standard InChI is InChI=1S/C14H20O5/c1-14(2,13(15)18-5)9-19-12-7-10(16-3)6-11(8-12)17-4/h6-8H,9H2,1-5H3. The van der Waals surface area contributed by atoms with E-state index in [-0.39, 0.29) is 12.6 Å². The molecule has 5 nitrogen and oxygen atoms in total. The lowest BCUT2D eigenvalue weighted by atomic mass is 9.95. The summed E-state index contributed by atoms with van der Waals surface area (Å²) in [5, 5.41) is 0. The molecule has 1 aromatic carbocycles. The minimum Gasteiger partial charge on any atom is -0.496 e. The first-order valence-electron chi connectivity index (χ1n) is 5.87. The Balaban J connectivity index is 2.80. The molecule has 1 rings (SSSR count). The van der Waals surface area contributed by atoms with E-state index in [4.69, 9.17) is 18.9 Å². The molecule has 0 aliphatic carbocycles. The number of rotatable bonds is 6. The van der Waals surface area contributed by atoms with Gasteiger partial charge >= 0.3 is 5.97 Å². The Morgan fingerprint density at radius 3 is 1.89 bits per heavy atom. The Morgan fingerprint density at radius 2 is 1.47 bits per heavy atom. The summed E-state index contributed by atoms with van der Waals surface area (Å²) in [5.41, 5.74) is -0.717. The molecule has 0 atom stereocenters. The third kappa shape index (κ3) is 4.05. The number of carbonyl (C=O) groups excluding carboxylic acids is 1. The zero-order valence-electron chi connectivity index (χ0n) is 12.0. The molecule has 0 bridgehead atoms. The van der Waals surface area contributed by atoms with Crippen LogP contribution in [0.2, 0.25) is 0 Å². The van der Waals surface area contributed by atoms with Crippen molar-refractivity contribution in [3.05, 3.63) is 18.2 Å². The highest BCUT2D eigenvalue weighted by atomic mass is 16.5. The number of benzene rings is 1. The van der Waals surface area contributed by atoms with Gasteiger partial charge in [0.1, 0.15) is 23.9 Å². The fraction of sp³-hybridized carbons (Fsp3) is 0.500. The third-order valence-corrected chi connectivity index (χ3v) is 2.66. The molecule has 0 unspecified atom stereocenters. The summed E-state index contributed by atoms with van der Waals surface area (Å²) in [4.78, 5) is 11.5. The Labute approximate surface area is 113 Å². The zero-order valence-corrected chi connectivity index (χ0v) is 12.0. The molecule has 1 aromatic rings. The molecule has 0 fully saturated rings. The van der Waals surface area contributed by atoms with Crippen LogP contribution < -0.4 is 14.2 Å². The first kappa shape index (κ1) is 15.1. The molecular formula is C14H20O5. The minimum absolute atomic E-state index is 0.204. The highest BCUT2D eigenvalue weighted by molar-refractivity contribution is 5.75. The maximum atomic E-state index is 11.5. The second kappa shape index (κ2) is 6.31. The van der Waals surface area contributed by atoms with Crippen molar-refractivity contribution >= 4 is 5.97 Å². The Bertz CT molecular complexity index is 417. The van der Waals surface area contributed by atoms with E-state index in [1.54, 1.807) is 46.3 Å². The Morgan fingerprint density at radius 1 is 1.00 bits per heavy atom. The van der Waals surface area contributed by atoms with Crippen molar-refractivity contribution in [3.63, 3.8) is 0 Å². The van der Waals surface area contributed by atoms with Gasteiger partial charge in [-0.25, -0.2) is 0 Å². The first-order valence-corrected chi connectivity index (χ1v) is 5.87. The van der Waals surface area contributed by atoms with Gasteiger partial charge in [-0.1, -0.05) is 0 Å². The van der Waals surface area contributed by atoms with E-state index in [2.05, 4.69) is 0 Å². The predicted octanol–water partition coefficient (Wildman–Crippen LogP) is 2.28. The maximum absolute atomic E-state index is 11.5. The molecular weight excluding hydrogens is 248 g/mol. The summed E-state index contributed by atoms with van der Waals surface area (Å²) in [6.45, 7) is 3.72. The van der Waals surface area contributed by atoms with E-state index in [0.717, 1.165) is 0 Å². The number of esters is 1. The first-order chi connectivity index (χ1) is 8.92. The maximum Gasteiger partial charge on any atom is 0.314 e. The van der Waals surface area contributed by atoms with Crippen LogP contribution in [0.4, 0.5) is 0 Å². The van der Waals surface area contributed by atoms with Gasteiger partial charge in [0.25, 0.3) is 0 Å². The summed E-state index contributed by atoms with van der Waals surface area (Å²) < 4.78 is 20.6. The number of methoxy groups -OCH3 is 3. The summed E-state index contributed by atoms with van der Waals surface area (Å²) in [6.07, 6.45) is 0. The van der Waals surface area contributed by atoms with E-state index in [1.807, 2.05) is 0 Å². The van der Waals surface area contributed by atoms with E-state index < -0.39 is 5.41 Å². The molecule has 0 spiro atoms. The van der Waals surface area contributed by atoms with Gasteiger partial charge in [0.15, 0.2) is 0 Å². The number of hydrogen-bond donors (Lipinski definition) is 0. The quantitative estimate of drug-likeness (QED) is 0.741. The van der Waals surface area contributed by atoms with Gasteiger partial charge in [0.05, 0.1) is 26.7 Å². The fourth-order valence-corrected chi connectivity index (χ4v) is 1.46. The third-order valence-electron chi connectivity index (χ3n) is 2.66. The van der Waals surface area contributed by atoms with Gasteiger partial charge in [-0.2, -0.15) is 0 Å². The minimum atomic E-state index is -0.717. The van der Waals surface area contributed by atoms with Crippen molar-refractivity contribution in [3.8, 4) is 17.2 Å². The van der Waals surface area contributed by atoms with Crippen LogP contribution in [0, 0.1) is 5.41 Å². The molecule has 19 heavy (non-hydrogen) atoms. The van der Waals surface area contributed by atoms with Crippen LogP contribution in [0.25, 0.3) is 0 Å². The fourth-order valence-electron chi connectivity index (χ4n) is 1.46.